The van der Waals surface area contributed by atoms with Crippen molar-refractivity contribution in [3.8, 4) is 6.07 Å². The van der Waals surface area contributed by atoms with Crippen LogP contribution in [0.25, 0.3) is 0 Å². The van der Waals surface area contributed by atoms with Crippen molar-refractivity contribution in [2.24, 2.45) is 4.99 Å². The number of nitriles is 1. The van der Waals surface area contributed by atoms with Crippen molar-refractivity contribution in [3.05, 3.63) is 70.8 Å². The molecule has 0 saturated heterocycles. The van der Waals surface area contributed by atoms with Crippen LogP contribution in [0, 0.1) is 23.0 Å². The van der Waals surface area contributed by atoms with E-state index in [1.54, 1.807) is 25.2 Å². The van der Waals surface area contributed by atoms with Gasteiger partial charge in [0.15, 0.2) is 5.96 Å². The molecule has 0 fully saturated rings. The van der Waals surface area contributed by atoms with Gasteiger partial charge in [0, 0.05) is 31.3 Å². The lowest BCUT2D eigenvalue weighted by molar-refractivity contribution is 0.600. The molecule has 0 aliphatic heterocycles. The van der Waals surface area contributed by atoms with Crippen molar-refractivity contribution in [1.82, 2.24) is 10.6 Å². The minimum atomic E-state index is -0.402. The Morgan fingerprint density at radius 1 is 1.04 bits per heavy atom. The van der Waals surface area contributed by atoms with Crippen LogP contribution >= 0.6 is 24.0 Å². The van der Waals surface area contributed by atoms with Crippen molar-refractivity contribution in [2.45, 2.75) is 13.1 Å². The summed E-state index contributed by atoms with van der Waals surface area (Å²) in [6.07, 6.45) is 0. The molecule has 0 amide bonds. The van der Waals surface area contributed by atoms with E-state index in [0.717, 1.165) is 0 Å². The third kappa shape index (κ3) is 5.45. The number of guanidine groups is 1. The minimum Gasteiger partial charge on any atom is -0.352 e. The van der Waals surface area contributed by atoms with Gasteiger partial charge in [0.2, 0.25) is 0 Å². The predicted molar refractivity (Wildman–Crippen MR) is 100.0 cm³/mol. The number of nitrogens with one attached hydrogen (secondary N) is 2. The number of rotatable bonds is 4. The quantitative estimate of drug-likeness (QED) is 0.434. The zero-order valence-electron chi connectivity index (χ0n) is 13.0. The fourth-order valence-electron chi connectivity index (χ4n) is 2.00. The molecule has 0 aliphatic carbocycles. The van der Waals surface area contributed by atoms with E-state index in [1.165, 1.54) is 24.3 Å². The zero-order chi connectivity index (χ0) is 16.7. The Labute approximate surface area is 156 Å². The molecule has 0 saturated carbocycles. The van der Waals surface area contributed by atoms with Crippen LogP contribution in [0.3, 0.4) is 0 Å². The lowest BCUT2D eigenvalue weighted by Crippen LogP contribution is -2.36. The molecule has 2 rings (SSSR count). The van der Waals surface area contributed by atoms with Crippen LogP contribution in [0.4, 0.5) is 8.78 Å². The highest BCUT2D eigenvalue weighted by molar-refractivity contribution is 14.0. The van der Waals surface area contributed by atoms with Gasteiger partial charge >= 0.3 is 0 Å². The number of halogens is 3. The molecule has 0 spiro atoms. The summed E-state index contributed by atoms with van der Waals surface area (Å²) in [7, 11) is 1.57. The van der Waals surface area contributed by atoms with Gasteiger partial charge in [-0.1, -0.05) is 18.2 Å². The summed E-state index contributed by atoms with van der Waals surface area (Å²) in [5, 5.41) is 14.7. The highest BCUT2D eigenvalue weighted by atomic mass is 127. The summed E-state index contributed by atoms with van der Waals surface area (Å²) < 4.78 is 27.3. The predicted octanol–water partition coefficient (Wildman–Crippen LogP) is 3.32. The van der Waals surface area contributed by atoms with E-state index in [1.807, 2.05) is 6.07 Å². The second kappa shape index (κ2) is 9.82. The zero-order valence-corrected chi connectivity index (χ0v) is 15.3. The van der Waals surface area contributed by atoms with E-state index in [2.05, 4.69) is 15.6 Å². The van der Waals surface area contributed by atoms with E-state index in [-0.39, 0.29) is 42.9 Å². The maximum atomic E-state index is 13.7. The van der Waals surface area contributed by atoms with Gasteiger partial charge in [-0.3, -0.25) is 4.99 Å². The molecule has 7 heteroatoms. The Morgan fingerprint density at radius 3 is 2.29 bits per heavy atom. The monoisotopic (exact) mass is 442 g/mol. The van der Waals surface area contributed by atoms with Crippen LogP contribution in [-0.4, -0.2) is 13.0 Å². The third-order valence-electron chi connectivity index (χ3n) is 3.25. The molecular weight excluding hydrogens is 425 g/mol. The van der Waals surface area contributed by atoms with Crippen LogP contribution in [0.15, 0.2) is 47.5 Å². The van der Waals surface area contributed by atoms with Crippen molar-refractivity contribution in [2.75, 3.05) is 7.05 Å². The Hall–Kier alpha value is -2.21. The largest absolute Gasteiger partial charge is 0.352 e. The molecule has 126 valence electrons. The molecule has 24 heavy (non-hydrogen) atoms. The summed E-state index contributed by atoms with van der Waals surface area (Å²) in [5.41, 5.74) is 1.25. The fourth-order valence-corrected chi connectivity index (χ4v) is 2.00. The van der Waals surface area contributed by atoms with Gasteiger partial charge in [0.25, 0.3) is 0 Å². The number of aliphatic imine (C=N–C) groups is 1. The average Bonchev–Trinajstić information content (AvgIpc) is 2.57. The Balaban J connectivity index is 0.00000288. The first-order valence-corrected chi connectivity index (χ1v) is 7.00. The molecule has 0 bridgehead atoms. The molecule has 0 radical (unpaired) electrons. The van der Waals surface area contributed by atoms with E-state index >= 15 is 0 Å². The van der Waals surface area contributed by atoms with Gasteiger partial charge in [-0.05, 0) is 24.3 Å². The Bertz CT molecular complexity index is 756. The van der Waals surface area contributed by atoms with Crippen molar-refractivity contribution in [1.29, 1.82) is 5.26 Å². The van der Waals surface area contributed by atoms with Crippen molar-refractivity contribution >= 4 is 29.9 Å². The molecule has 0 unspecified atom stereocenters. The van der Waals surface area contributed by atoms with Gasteiger partial charge in [-0.2, -0.15) is 5.26 Å². The molecular formula is C17H17F2IN4. The normalized spacial score (nSPS) is 10.5. The van der Waals surface area contributed by atoms with Gasteiger partial charge in [-0.15, -0.1) is 24.0 Å². The van der Waals surface area contributed by atoms with E-state index in [0.29, 0.717) is 22.6 Å². The standard InChI is InChI=1S/C17H16F2N4.HI/c1-21-17(22-10-13-4-2-3-5-15(13)18)23-11-14-8-12(9-20)6-7-16(14)19;/h2-8H,10-11H2,1H3,(H2,21,22,23);1H. The third-order valence-corrected chi connectivity index (χ3v) is 3.25. The lowest BCUT2D eigenvalue weighted by atomic mass is 10.1. The van der Waals surface area contributed by atoms with Gasteiger partial charge in [0.05, 0.1) is 11.6 Å². The first kappa shape index (κ1) is 19.8. The van der Waals surface area contributed by atoms with Gasteiger partial charge in [0.1, 0.15) is 11.6 Å². The van der Waals surface area contributed by atoms with Gasteiger partial charge in [-0.25, -0.2) is 8.78 Å². The summed E-state index contributed by atoms with van der Waals surface area (Å²) in [5.74, 6) is -0.292. The molecule has 2 aromatic rings. The SMILES string of the molecule is CN=C(NCc1ccccc1F)NCc1cc(C#N)ccc1F.I. The Kier molecular flexibility index (Phi) is 8.12. The van der Waals surface area contributed by atoms with Crippen LogP contribution in [0.2, 0.25) is 0 Å². The molecule has 4 nitrogen and oxygen atoms in total. The summed E-state index contributed by atoms with van der Waals surface area (Å²) in [6, 6.07) is 12.5. The first-order valence-electron chi connectivity index (χ1n) is 7.00. The van der Waals surface area contributed by atoms with Crippen molar-refractivity contribution < 1.29 is 8.78 Å². The smallest absolute Gasteiger partial charge is 0.191 e. The molecule has 0 aliphatic rings. The first-order chi connectivity index (χ1) is 11.1. The summed E-state index contributed by atoms with van der Waals surface area (Å²) in [4.78, 5) is 4.00. The summed E-state index contributed by atoms with van der Waals surface area (Å²) >= 11 is 0. The molecule has 0 atom stereocenters. The number of hydrogen-bond donors (Lipinski definition) is 2. The molecule has 0 aromatic heterocycles. The average molecular weight is 442 g/mol. The van der Waals surface area contributed by atoms with Crippen molar-refractivity contribution in [3.63, 3.8) is 0 Å². The number of benzene rings is 2. The molecule has 2 aromatic carbocycles. The number of nitrogens with zero attached hydrogens (tertiary/aromatic N) is 2. The minimum absolute atomic E-state index is 0. The van der Waals surface area contributed by atoms with Crippen LogP contribution in [-0.2, 0) is 13.1 Å². The highest BCUT2D eigenvalue weighted by Gasteiger charge is 2.06. The molecule has 2 N–H and O–H groups in total. The lowest BCUT2D eigenvalue weighted by Gasteiger charge is -2.13. The van der Waals surface area contributed by atoms with Crippen LogP contribution < -0.4 is 10.6 Å². The van der Waals surface area contributed by atoms with Crippen LogP contribution in [0.1, 0.15) is 16.7 Å². The summed E-state index contributed by atoms with van der Waals surface area (Å²) in [6.45, 7) is 0.422. The van der Waals surface area contributed by atoms with E-state index < -0.39 is 5.82 Å². The highest BCUT2D eigenvalue weighted by Crippen LogP contribution is 2.10. The van der Waals surface area contributed by atoms with E-state index in [9.17, 15) is 8.78 Å². The fraction of sp³-hybridized carbons (Fsp3) is 0.176. The second-order valence-corrected chi connectivity index (χ2v) is 4.79. The molecule has 0 heterocycles. The Morgan fingerprint density at radius 2 is 1.67 bits per heavy atom. The number of hydrogen-bond acceptors (Lipinski definition) is 2. The van der Waals surface area contributed by atoms with Crippen LogP contribution in [0.5, 0.6) is 0 Å². The second-order valence-electron chi connectivity index (χ2n) is 4.79. The van der Waals surface area contributed by atoms with Gasteiger partial charge < -0.3 is 10.6 Å². The maximum Gasteiger partial charge on any atom is 0.191 e. The maximum absolute atomic E-state index is 13.7. The topological polar surface area (TPSA) is 60.2 Å². The van der Waals surface area contributed by atoms with E-state index in [4.69, 9.17) is 5.26 Å².